The van der Waals surface area contributed by atoms with E-state index in [1.54, 1.807) is 4.90 Å². The number of hydrogen-bond acceptors (Lipinski definition) is 3. The molecule has 1 aliphatic rings. The molecule has 104 valence electrons. The van der Waals surface area contributed by atoms with Crippen LogP contribution < -0.4 is 4.90 Å². The molecule has 1 saturated heterocycles. The highest BCUT2D eigenvalue weighted by molar-refractivity contribution is 5.80. The number of esters is 1. The first-order valence-corrected chi connectivity index (χ1v) is 6.03. The highest BCUT2D eigenvalue weighted by Crippen LogP contribution is 2.28. The lowest BCUT2D eigenvalue weighted by Crippen LogP contribution is -2.45. The monoisotopic (exact) mass is 273 g/mol. The van der Waals surface area contributed by atoms with Crippen LogP contribution in [0.3, 0.4) is 0 Å². The fraction of sp³-hybridized carbons (Fsp3) is 0.462. The molecular formula is C13H14F3NO2. The second-order valence-electron chi connectivity index (χ2n) is 4.45. The second kappa shape index (κ2) is 5.50. The number of nitrogens with zero attached hydrogens (tertiary/aromatic N) is 1. The Labute approximate surface area is 109 Å². The van der Waals surface area contributed by atoms with Gasteiger partial charge in [0.05, 0.1) is 7.11 Å². The average Bonchev–Trinajstić information content (AvgIpc) is 2.43. The zero-order valence-corrected chi connectivity index (χ0v) is 10.5. The Hall–Kier alpha value is -1.72. The van der Waals surface area contributed by atoms with Gasteiger partial charge in [0, 0.05) is 24.4 Å². The third kappa shape index (κ3) is 2.67. The molecule has 0 spiro atoms. The summed E-state index contributed by atoms with van der Waals surface area (Å²) in [6, 6.07) is 1.22. The summed E-state index contributed by atoms with van der Waals surface area (Å²) in [5.74, 6) is -4.48. The largest absolute Gasteiger partial charge is 0.467 e. The van der Waals surface area contributed by atoms with Crippen molar-refractivity contribution >= 4 is 11.7 Å². The van der Waals surface area contributed by atoms with E-state index in [1.807, 2.05) is 0 Å². The minimum atomic E-state index is -1.50. The summed E-state index contributed by atoms with van der Waals surface area (Å²) in [4.78, 5) is 13.2. The van der Waals surface area contributed by atoms with Gasteiger partial charge in [-0.05, 0) is 19.3 Å². The van der Waals surface area contributed by atoms with Crippen LogP contribution in [0.15, 0.2) is 12.1 Å². The minimum Gasteiger partial charge on any atom is -0.467 e. The first-order valence-electron chi connectivity index (χ1n) is 6.03. The van der Waals surface area contributed by atoms with Crippen molar-refractivity contribution in [3.63, 3.8) is 0 Å². The van der Waals surface area contributed by atoms with Gasteiger partial charge in [-0.1, -0.05) is 0 Å². The van der Waals surface area contributed by atoms with Crippen molar-refractivity contribution in [2.45, 2.75) is 25.3 Å². The normalized spacial score (nSPS) is 19.4. The number of hydrogen-bond donors (Lipinski definition) is 0. The number of rotatable bonds is 2. The van der Waals surface area contributed by atoms with Crippen molar-refractivity contribution in [2.24, 2.45) is 0 Å². The van der Waals surface area contributed by atoms with Gasteiger partial charge >= 0.3 is 5.97 Å². The van der Waals surface area contributed by atoms with E-state index in [9.17, 15) is 18.0 Å². The molecule has 1 unspecified atom stereocenters. The fourth-order valence-electron chi connectivity index (χ4n) is 2.33. The standard InChI is InChI=1S/C13H14F3NO2/c1-19-13(18)11-4-2-3-5-17(11)8-6-9(14)12(16)10(15)7-8/h6-7,11H,2-5H2,1H3. The highest BCUT2D eigenvalue weighted by atomic mass is 19.2. The predicted molar refractivity (Wildman–Crippen MR) is 63.3 cm³/mol. The van der Waals surface area contributed by atoms with Crippen molar-refractivity contribution in [1.82, 2.24) is 0 Å². The molecule has 0 aliphatic carbocycles. The molecule has 0 saturated carbocycles. The molecule has 0 amide bonds. The summed E-state index contributed by atoms with van der Waals surface area (Å²) in [5.41, 5.74) is 0.159. The molecule has 2 rings (SSSR count). The fourth-order valence-corrected chi connectivity index (χ4v) is 2.33. The summed E-state index contributed by atoms with van der Waals surface area (Å²) in [6.45, 7) is 0.476. The Balaban J connectivity index is 2.35. The number of anilines is 1. The van der Waals surface area contributed by atoms with Gasteiger partial charge in [-0.2, -0.15) is 0 Å². The lowest BCUT2D eigenvalue weighted by Gasteiger charge is -2.35. The SMILES string of the molecule is COC(=O)C1CCCCN1c1cc(F)c(F)c(F)c1. The quantitative estimate of drug-likeness (QED) is 0.613. The second-order valence-corrected chi connectivity index (χ2v) is 4.45. The topological polar surface area (TPSA) is 29.5 Å². The smallest absolute Gasteiger partial charge is 0.328 e. The third-order valence-electron chi connectivity index (χ3n) is 3.28. The van der Waals surface area contributed by atoms with Crippen molar-refractivity contribution < 1.29 is 22.7 Å². The highest BCUT2D eigenvalue weighted by Gasteiger charge is 2.30. The lowest BCUT2D eigenvalue weighted by molar-refractivity contribution is -0.142. The average molecular weight is 273 g/mol. The van der Waals surface area contributed by atoms with E-state index in [-0.39, 0.29) is 5.69 Å². The first-order chi connectivity index (χ1) is 9.04. The van der Waals surface area contributed by atoms with Crippen LogP contribution >= 0.6 is 0 Å². The maximum absolute atomic E-state index is 13.2. The molecule has 19 heavy (non-hydrogen) atoms. The van der Waals surface area contributed by atoms with Gasteiger partial charge in [-0.15, -0.1) is 0 Å². The zero-order chi connectivity index (χ0) is 14.0. The first kappa shape index (κ1) is 13.7. The van der Waals surface area contributed by atoms with Gasteiger partial charge in [0.2, 0.25) is 0 Å². The molecule has 1 aromatic carbocycles. The summed E-state index contributed by atoms with van der Waals surface area (Å²) >= 11 is 0. The Morgan fingerprint density at radius 1 is 1.26 bits per heavy atom. The van der Waals surface area contributed by atoms with Crippen molar-refractivity contribution in [1.29, 1.82) is 0 Å². The van der Waals surface area contributed by atoms with E-state index in [2.05, 4.69) is 4.74 Å². The van der Waals surface area contributed by atoms with Gasteiger partial charge in [-0.3, -0.25) is 0 Å². The predicted octanol–water partition coefficient (Wildman–Crippen LogP) is 2.64. The molecular weight excluding hydrogens is 259 g/mol. The number of piperidine rings is 1. The van der Waals surface area contributed by atoms with Crippen LogP contribution in [0.2, 0.25) is 0 Å². The number of benzene rings is 1. The Morgan fingerprint density at radius 3 is 2.47 bits per heavy atom. The molecule has 1 heterocycles. The molecule has 3 nitrogen and oxygen atoms in total. The number of ether oxygens (including phenoxy) is 1. The number of carbonyl (C=O) groups is 1. The molecule has 1 aliphatic heterocycles. The van der Waals surface area contributed by atoms with Crippen LogP contribution in [0.25, 0.3) is 0 Å². The zero-order valence-electron chi connectivity index (χ0n) is 10.5. The summed E-state index contributed by atoms with van der Waals surface area (Å²) in [5, 5.41) is 0. The van der Waals surface area contributed by atoms with E-state index in [0.29, 0.717) is 13.0 Å². The van der Waals surface area contributed by atoms with E-state index in [4.69, 9.17) is 0 Å². The van der Waals surface area contributed by atoms with E-state index in [1.165, 1.54) is 7.11 Å². The maximum Gasteiger partial charge on any atom is 0.328 e. The van der Waals surface area contributed by atoms with Gasteiger partial charge in [0.1, 0.15) is 6.04 Å². The molecule has 1 atom stereocenters. The van der Waals surface area contributed by atoms with E-state index < -0.39 is 29.5 Å². The van der Waals surface area contributed by atoms with Crippen molar-refractivity contribution in [3.05, 3.63) is 29.6 Å². The Kier molecular flexibility index (Phi) is 3.97. The van der Waals surface area contributed by atoms with E-state index >= 15 is 0 Å². The molecule has 1 aromatic rings. The summed E-state index contributed by atoms with van der Waals surface area (Å²) < 4.78 is 44.1. The van der Waals surface area contributed by atoms with Crippen molar-refractivity contribution in [2.75, 3.05) is 18.6 Å². The number of halogens is 3. The van der Waals surface area contributed by atoms with Crippen LogP contribution in [0.4, 0.5) is 18.9 Å². The van der Waals surface area contributed by atoms with Gasteiger partial charge in [-0.25, -0.2) is 18.0 Å². The number of methoxy groups -OCH3 is 1. The van der Waals surface area contributed by atoms with Gasteiger partial charge in [0.15, 0.2) is 17.5 Å². The van der Waals surface area contributed by atoms with Crippen LogP contribution in [0, 0.1) is 17.5 Å². The molecule has 1 fully saturated rings. The van der Waals surface area contributed by atoms with E-state index in [0.717, 1.165) is 25.0 Å². The summed E-state index contributed by atoms with van der Waals surface area (Å²) in [6.07, 6.45) is 2.18. The van der Waals surface area contributed by atoms with Crippen LogP contribution in [-0.4, -0.2) is 25.7 Å². The maximum atomic E-state index is 13.2. The third-order valence-corrected chi connectivity index (χ3v) is 3.28. The van der Waals surface area contributed by atoms with Crippen LogP contribution in [-0.2, 0) is 9.53 Å². The molecule has 0 bridgehead atoms. The van der Waals surface area contributed by atoms with Crippen LogP contribution in [0.1, 0.15) is 19.3 Å². The van der Waals surface area contributed by atoms with Gasteiger partial charge < -0.3 is 9.64 Å². The molecule has 0 radical (unpaired) electrons. The van der Waals surface area contributed by atoms with Crippen molar-refractivity contribution in [3.8, 4) is 0 Å². The summed E-state index contributed by atoms with van der Waals surface area (Å²) in [7, 11) is 1.26. The molecule has 0 aromatic heterocycles. The Morgan fingerprint density at radius 2 is 1.89 bits per heavy atom. The minimum absolute atomic E-state index is 0.159. The Bertz CT molecular complexity index is 470. The van der Waals surface area contributed by atoms with Crippen LogP contribution in [0.5, 0.6) is 0 Å². The number of carbonyl (C=O) groups excluding carboxylic acids is 1. The lowest BCUT2D eigenvalue weighted by atomic mass is 10.0. The van der Waals surface area contributed by atoms with Gasteiger partial charge in [0.25, 0.3) is 0 Å². The molecule has 6 heteroatoms. The molecule has 0 N–H and O–H groups in total.